The van der Waals surface area contributed by atoms with E-state index >= 15 is 8.78 Å². The quantitative estimate of drug-likeness (QED) is 0.0808. The Labute approximate surface area is 356 Å². The van der Waals surface area contributed by atoms with Crippen molar-refractivity contribution in [3.63, 3.8) is 0 Å². The molecule has 61 heavy (non-hydrogen) atoms. The van der Waals surface area contributed by atoms with Gasteiger partial charge in [-0.25, -0.2) is 31.6 Å². The van der Waals surface area contributed by atoms with Gasteiger partial charge in [-0.1, -0.05) is 107 Å². The zero-order valence-corrected chi connectivity index (χ0v) is 38.0. The minimum absolute atomic E-state index is 0.00987. The molecule has 0 aliphatic rings. The van der Waals surface area contributed by atoms with Crippen molar-refractivity contribution in [2.75, 3.05) is 11.3 Å². The molecule has 0 aliphatic heterocycles. The Morgan fingerprint density at radius 1 is 0.836 bits per heavy atom. The second-order valence-corrected chi connectivity index (χ2v) is 28.8. The zero-order valence-electron chi connectivity index (χ0n) is 35.2. The van der Waals surface area contributed by atoms with Crippen molar-refractivity contribution < 1.29 is 30.8 Å². The van der Waals surface area contributed by atoms with Crippen LogP contribution in [0, 0.1) is 24.4 Å². The lowest BCUT2D eigenvalue weighted by Crippen LogP contribution is -2.66. The van der Waals surface area contributed by atoms with E-state index in [1.54, 1.807) is 16.7 Å². The van der Waals surface area contributed by atoms with Gasteiger partial charge < -0.3 is 18.1 Å². The lowest BCUT2D eigenvalue weighted by atomic mass is 10.0. The Morgan fingerprint density at radius 2 is 1.51 bits per heavy atom. The van der Waals surface area contributed by atoms with Gasteiger partial charge in [0.2, 0.25) is 0 Å². The predicted molar refractivity (Wildman–Crippen MR) is 238 cm³/mol. The second kappa shape index (κ2) is 17.2. The van der Waals surface area contributed by atoms with Gasteiger partial charge >= 0.3 is 0 Å². The number of pyridine rings is 2. The van der Waals surface area contributed by atoms with E-state index in [1.165, 1.54) is 25.5 Å². The number of nitrogens with one attached hydrogen (secondary N) is 1. The van der Waals surface area contributed by atoms with Gasteiger partial charge in [0.05, 0.1) is 47.2 Å². The molecule has 0 saturated carbocycles. The first-order valence-electron chi connectivity index (χ1n) is 19.9. The molecule has 0 unspecified atom stereocenters. The number of hydrogen-bond acceptors (Lipinski definition) is 7. The molecule has 0 amide bonds. The first-order valence-corrected chi connectivity index (χ1v) is 27.0. The predicted octanol–water partition coefficient (Wildman–Crippen LogP) is 9.18. The maximum Gasteiger partial charge on any atom is 0.263 e. The summed E-state index contributed by atoms with van der Waals surface area (Å²) in [5.74, 6) is -2.42. The minimum atomic E-state index is -4.48. The van der Waals surface area contributed by atoms with E-state index in [2.05, 4.69) is 74.4 Å². The molecule has 4 aromatic heterocycles. The van der Waals surface area contributed by atoms with Crippen LogP contribution in [0.1, 0.15) is 32.2 Å². The fourth-order valence-electron chi connectivity index (χ4n) is 7.51. The third-order valence-corrected chi connectivity index (χ3v) is 18.8. The monoisotopic (exact) mass is 882 g/mol. The van der Waals surface area contributed by atoms with E-state index in [9.17, 15) is 12.8 Å². The van der Waals surface area contributed by atoms with Gasteiger partial charge in [-0.15, -0.1) is 0 Å². The summed E-state index contributed by atoms with van der Waals surface area (Å²) in [6, 6.07) is 27.7. The Kier molecular flexibility index (Phi) is 12.3. The third kappa shape index (κ3) is 9.00. The van der Waals surface area contributed by atoms with Crippen LogP contribution in [0.5, 0.6) is 0 Å². The molecule has 7 rings (SSSR count). The first kappa shape index (κ1) is 43.7. The number of halogens is 3. The summed E-state index contributed by atoms with van der Waals surface area (Å²) >= 11 is 0. The normalized spacial score (nSPS) is 12.6. The number of anilines is 1. The highest BCUT2D eigenvalue weighted by Gasteiger charge is 2.50. The van der Waals surface area contributed by atoms with Gasteiger partial charge in [0.15, 0.2) is 11.6 Å². The molecule has 0 fully saturated rings. The summed E-state index contributed by atoms with van der Waals surface area (Å²) in [5, 5.41) is 2.05. The molecule has 0 aliphatic carbocycles. The molecule has 7 aromatic rings. The summed E-state index contributed by atoms with van der Waals surface area (Å²) in [4.78, 5) is 12.9. The molecule has 4 heterocycles. The average molecular weight is 883 g/mol. The molecule has 0 radical (unpaired) electrons. The van der Waals surface area contributed by atoms with Crippen LogP contribution in [-0.2, 0) is 32.5 Å². The molecular formula is C45H49F3N6O4SSi2. The zero-order chi connectivity index (χ0) is 43.7. The highest BCUT2D eigenvalue weighted by Crippen LogP contribution is 2.38. The number of rotatable bonds is 15. The number of ether oxygens (including phenoxy) is 1. The number of aryl methyl sites for hydroxylation is 1. The van der Waals surface area contributed by atoms with E-state index in [-0.39, 0.29) is 29.6 Å². The van der Waals surface area contributed by atoms with Crippen LogP contribution in [0.2, 0.25) is 30.7 Å². The van der Waals surface area contributed by atoms with Crippen molar-refractivity contribution in [3.05, 3.63) is 145 Å². The van der Waals surface area contributed by atoms with Crippen molar-refractivity contribution >= 4 is 48.0 Å². The van der Waals surface area contributed by atoms with Gasteiger partial charge in [0.1, 0.15) is 35.3 Å². The molecular weight excluding hydrogens is 834 g/mol. The third-order valence-electron chi connectivity index (χ3n) is 10.7. The number of hydrogen-bond donors (Lipinski definition) is 1. The summed E-state index contributed by atoms with van der Waals surface area (Å²) < 4.78 is 91.2. The smallest absolute Gasteiger partial charge is 0.263 e. The van der Waals surface area contributed by atoms with Crippen LogP contribution in [0.4, 0.5) is 18.9 Å². The largest absolute Gasteiger partial charge is 0.402 e. The lowest BCUT2D eigenvalue weighted by molar-refractivity contribution is 0.0838. The molecule has 0 spiro atoms. The molecule has 318 valence electrons. The average Bonchev–Trinajstić information content (AvgIpc) is 3.82. The molecule has 0 bridgehead atoms. The SMILES string of the molecule is Cc1ncc(F)cc1S(=O)(=O)Nc1ccc(F)c(-c2ccc3c(-c4ncc(CO[Si](c5ccccc5)(c5ccccc5)C(C)(C)C)n4COCC[Si](C)(C)C)ncn3c2)c1F. The standard InChI is InChI=1S/C45H49F3N6O4SSi2/c1-31-40(24-33(46)25-49-31)59(55,56)52-38-20-19-37(47)41(42(38)48)32-18-21-39-43(51-29-53(39)27-32)44-50-26-34(54(44)30-57-22-23-60(5,6)7)28-58-61(45(2,3)4,35-14-10-8-11-15-35)36-16-12-9-13-17-36/h8-21,24-27,29,52H,22-23,28,30H2,1-7H3. The van der Waals surface area contributed by atoms with E-state index in [4.69, 9.17) is 19.1 Å². The van der Waals surface area contributed by atoms with Gasteiger partial charge in [-0.2, -0.15) is 0 Å². The van der Waals surface area contributed by atoms with Crippen molar-refractivity contribution in [2.45, 2.75) is 76.7 Å². The van der Waals surface area contributed by atoms with Gasteiger partial charge in [-0.3, -0.25) is 9.71 Å². The van der Waals surface area contributed by atoms with E-state index in [0.717, 1.165) is 46.5 Å². The van der Waals surface area contributed by atoms with E-state index in [0.29, 0.717) is 23.6 Å². The van der Waals surface area contributed by atoms with Crippen LogP contribution in [0.25, 0.3) is 28.2 Å². The lowest BCUT2D eigenvalue weighted by Gasteiger charge is -2.43. The second-order valence-electron chi connectivity index (χ2n) is 17.2. The highest BCUT2D eigenvalue weighted by molar-refractivity contribution is 7.92. The summed E-state index contributed by atoms with van der Waals surface area (Å²) in [7, 11) is -8.80. The molecule has 0 saturated heterocycles. The summed E-state index contributed by atoms with van der Waals surface area (Å²) in [6.45, 7) is 16.0. The Balaban J connectivity index is 1.25. The molecule has 10 nitrogen and oxygen atoms in total. The van der Waals surface area contributed by atoms with E-state index in [1.807, 2.05) is 41.0 Å². The molecule has 3 aromatic carbocycles. The van der Waals surface area contributed by atoms with Gasteiger partial charge in [0, 0.05) is 26.4 Å². The van der Waals surface area contributed by atoms with Crippen LogP contribution in [0.3, 0.4) is 0 Å². The van der Waals surface area contributed by atoms with Crippen LogP contribution >= 0.6 is 0 Å². The summed E-state index contributed by atoms with van der Waals surface area (Å²) in [6.07, 6.45) is 5.70. The maximum atomic E-state index is 16.1. The first-order chi connectivity index (χ1) is 28.9. The summed E-state index contributed by atoms with van der Waals surface area (Å²) in [5.41, 5.74) is 1.05. The number of aromatic nitrogens is 5. The van der Waals surface area contributed by atoms with Gasteiger partial charge in [0.25, 0.3) is 18.3 Å². The van der Waals surface area contributed by atoms with Crippen molar-refractivity contribution in [3.8, 4) is 22.6 Å². The fourth-order valence-corrected chi connectivity index (χ4v) is 14.1. The topological polar surface area (TPSA) is 113 Å². The Morgan fingerprint density at radius 3 is 2.15 bits per heavy atom. The van der Waals surface area contributed by atoms with Crippen LogP contribution < -0.4 is 15.1 Å². The molecule has 0 atom stereocenters. The van der Waals surface area contributed by atoms with Crippen molar-refractivity contribution in [1.29, 1.82) is 0 Å². The number of nitrogens with zero attached hydrogens (tertiary/aromatic N) is 5. The maximum absolute atomic E-state index is 16.1. The fraction of sp³-hybridized carbons (Fsp3) is 0.267. The minimum Gasteiger partial charge on any atom is -0.402 e. The van der Waals surface area contributed by atoms with E-state index < -0.39 is 60.0 Å². The van der Waals surface area contributed by atoms with Crippen molar-refractivity contribution in [2.24, 2.45) is 0 Å². The molecule has 16 heteroatoms. The van der Waals surface area contributed by atoms with Gasteiger partial charge in [-0.05, 0) is 52.6 Å². The van der Waals surface area contributed by atoms with Crippen LogP contribution in [0.15, 0.2) is 121 Å². The highest BCUT2D eigenvalue weighted by atomic mass is 32.2. The number of benzene rings is 3. The van der Waals surface area contributed by atoms with Crippen LogP contribution in [-0.4, -0.2) is 55.3 Å². The Bertz CT molecular complexity index is 2750. The number of fused-ring (bicyclic) bond motifs is 1. The molecule has 1 N–H and O–H groups in total. The number of imidazole rings is 2. The Hall–Kier alpha value is -5.40. The number of sulfonamides is 1. The van der Waals surface area contributed by atoms with Crippen molar-refractivity contribution in [1.82, 2.24) is 23.9 Å².